The summed E-state index contributed by atoms with van der Waals surface area (Å²) in [6.07, 6.45) is 4.56. The van der Waals surface area contributed by atoms with Crippen LogP contribution < -0.4 is 5.43 Å². The molecular weight excluding hydrogens is 234 g/mol. The van der Waals surface area contributed by atoms with Crippen LogP contribution in [0.3, 0.4) is 0 Å². The fourth-order valence-corrected chi connectivity index (χ4v) is 1.59. The van der Waals surface area contributed by atoms with Crippen molar-refractivity contribution in [3.05, 3.63) is 42.4 Å². The van der Waals surface area contributed by atoms with E-state index in [-0.39, 0.29) is 5.91 Å². The molecule has 0 fully saturated rings. The molecule has 0 spiro atoms. The Kier molecular flexibility index (Phi) is 2.26. The van der Waals surface area contributed by atoms with E-state index in [1.807, 2.05) is 6.92 Å². The Morgan fingerprint density at radius 1 is 1.28 bits per heavy atom. The van der Waals surface area contributed by atoms with Gasteiger partial charge in [0.25, 0.3) is 5.91 Å². The summed E-state index contributed by atoms with van der Waals surface area (Å²) < 4.78 is 3.18. The van der Waals surface area contributed by atoms with Gasteiger partial charge in [-0.3, -0.25) is 14.6 Å². The number of nitrogens with zero attached hydrogens (tertiary/aromatic N) is 6. The summed E-state index contributed by atoms with van der Waals surface area (Å²) >= 11 is 0. The molecule has 0 aliphatic carbocycles. The molecule has 3 heterocycles. The van der Waals surface area contributed by atoms with Crippen LogP contribution in [-0.4, -0.2) is 35.4 Å². The molecule has 0 radical (unpaired) electrons. The lowest BCUT2D eigenvalue weighted by molar-refractivity contribution is 0.101. The molecule has 0 aliphatic rings. The standard InChI is InChI=1S/C10H9N7O/c1-7-13-14-9-4-8(2-3-17(7)9)10(18)15-16-5-11-12-6-16/h2-6H,1H3,(H,15,18). The minimum Gasteiger partial charge on any atom is -0.287 e. The summed E-state index contributed by atoms with van der Waals surface area (Å²) in [6.45, 7) is 1.84. The Labute approximate surface area is 101 Å². The summed E-state index contributed by atoms with van der Waals surface area (Å²) in [5.74, 6) is 0.508. The van der Waals surface area contributed by atoms with Crippen molar-refractivity contribution in [3.63, 3.8) is 0 Å². The topological polar surface area (TPSA) is 90.0 Å². The maximum Gasteiger partial charge on any atom is 0.270 e. The molecule has 3 aromatic heterocycles. The first-order chi connectivity index (χ1) is 8.74. The smallest absolute Gasteiger partial charge is 0.270 e. The van der Waals surface area contributed by atoms with E-state index < -0.39 is 0 Å². The number of fused-ring (bicyclic) bond motifs is 1. The van der Waals surface area contributed by atoms with Crippen LogP contribution in [-0.2, 0) is 0 Å². The van der Waals surface area contributed by atoms with Gasteiger partial charge >= 0.3 is 0 Å². The molecule has 90 valence electrons. The molecule has 0 bridgehead atoms. The summed E-state index contributed by atoms with van der Waals surface area (Å²) in [4.78, 5) is 11.9. The van der Waals surface area contributed by atoms with E-state index in [1.165, 1.54) is 17.3 Å². The zero-order valence-corrected chi connectivity index (χ0v) is 9.48. The average molecular weight is 243 g/mol. The molecule has 0 saturated heterocycles. The Morgan fingerprint density at radius 3 is 2.83 bits per heavy atom. The van der Waals surface area contributed by atoms with Crippen molar-refractivity contribution in [3.8, 4) is 0 Å². The van der Waals surface area contributed by atoms with E-state index in [2.05, 4.69) is 25.8 Å². The number of nitrogens with one attached hydrogen (secondary N) is 1. The van der Waals surface area contributed by atoms with E-state index in [1.54, 1.807) is 22.7 Å². The summed E-state index contributed by atoms with van der Waals surface area (Å²) in [7, 11) is 0. The van der Waals surface area contributed by atoms with Crippen molar-refractivity contribution < 1.29 is 4.79 Å². The maximum atomic E-state index is 11.9. The highest BCUT2D eigenvalue weighted by Crippen LogP contribution is 2.07. The second kappa shape index (κ2) is 3.91. The Bertz CT molecular complexity index is 700. The molecule has 1 N–H and O–H groups in total. The van der Waals surface area contributed by atoms with Crippen LogP contribution >= 0.6 is 0 Å². The first-order valence-electron chi connectivity index (χ1n) is 5.21. The first-order valence-corrected chi connectivity index (χ1v) is 5.21. The van der Waals surface area contributed by atoms with Gasteiger partial charge in [-0.2, -0.15) is 0 Å². The lowest BCUT2D eigenvalue weighted by Gasteiger charge is -2.04. The van der Waals surface area contributed by atoms with Gasteiger partial charge in [0.15, 0.2) is 5.65 Å². The van der Waals surface area contributed by atoms with Gasteiger partial charge in [-0.15, -0.1) is 20.4 Å². The lowest BCUT2D eigenvalue weighted by atomic mass is 10.2. The highest BCUT2D eigenvalue weighted by molar-refractivity contribution is 6.00. The third-order valence-electron chi connectivity index (χ3n) is 2.49. The number of carbonyl (C=O) groups is 1. The van der Waals surface area contributed by atoms with Crippen molar-refractivity contribution in [1.82, 2.24) is 29.5 Å². The van der Waals surface area contributed by atoms with E-state index in [9.17, 15) is 4.79 Å². The van der Waals surface area contributed by atoms with Gasteiger partial charge in [0.05, 0.1) is 0 Å². The monoisotopic (exact) mass is 243 g/mol. The highest BCUT2D eigenvalue weighted by atomic mass is 16.2. The third kappa shape index (κ3) is 1.69. The molecule has 0 saturated carbocycles. The Balaban J connectivity index is 1.92. The van der Waals surface area contributed by atoms with Crippen LogP contribution in [0.1, 0.15) is 16.2 Å². The van der Waals surface area contributed by atoms with Crippen molar-refractivity contribution in [2.75, 3.05) is 5.43 Å². The third-order valence-corrected chi connectivity index (χ3v) is 2.49. The molecule has 0 aliphatic heterocycles. The molecule has 8 nitrogen and oxygen atoms in total. The van der Waals surface area contributed by atoms with E-state index in [0.29, 0.717) is 11.2 Å². The molecule has 0 unspecified atom stereocenters. The molecular formula is C10H9N7O. The minimum atomic E-state index is -0.266. The summed E-state index contributed by atoms with van der Waals surface area (Å²) in [5, 5.41) is 15.1. The number of carbonyl (C=O) groups excluding carboxylic acids is 1. The van der Waals surface area contributed by atoms with Crippen LogP contribution in [0.15, 0.2) is 31.0 Å². The zero-order chi connectivity index (χ0) is 12.5. The summed E-state index contributed by atoms with van der Waals surface area (Å²) in [5.41, 5.74) is 3.72. The molecule has 1 amide bonds. The number of hydrogen-bond acceptors (Lipinski definition) is 5. The molecule has 3 aromatic rings. The van der Waals surface area contributed by atoms with Crippen LogP contribution in [0, 0.1) is 6.92 Å². The fourth-order valence-electron chi connectivity index (χ4n) is 1.59. The maximum absolute atomic E-state index is 11.9. The van der Waals surface area contributed by atoms with Gasteiger partial charge in [0.2, 0.25) is 0 Å². The van der Waals surface area contributed by atoms with Gasteiger partial charge in [-0.25, -0.2) is 4.68 Å². The Hall–Kier alpha value is -2.77. The second-order valence-corrected chi connectivity index (χ2v) is 3.70. The zero-order valence-electron chi connectivity index (χ0n) is 9.48. The lowest BCUT2D eigenvalue weighted by Crippen LogP contribution is -2.21. The van der Waals surface area contributed by atoms with E-state index in [0.717, 1.165) is 5.82 Å². The summed E-state index contributed by atoms with van der Waals surface area (Å²) in [6, 6.07) is 3.36. The number of hydrogen-bond donors (Lipinski definition) is 1. The predicted octanol–water partition coefficient (Wildman–Crippen LogP) is 0.0131. The molecule has 0 atom stereocenters. The average Bonchev–Trinajstić information content (AvgIpc) is 2.99. The number of aryl methyl sites for hydroxylation is 1. The van der Waals surface area contributed by atoms with Crippen LogP contribution in [0.2, 0.25) is 0 Å². The van der Waals surface area contributed by atoms with Gasteiger partial charge < -0.3 is 0 Å². The molecule has 0 aromatic carbocycles. The largest absolute Gasteiger partial charge is 0.287 e. The molecule has 8 heteroatoms. The van der Waals surface area contributed by atoms with Gasteiger partial charge in [-0.05, 0) is 19.1 Å². The van der Waals surface area contributed by atoms with Gasteiger partial charge in [-0.1, -0.05) is 0 Å². The van der Waals surface area contributed by atoms with Crippen LogP contribution in [0.5, 0.6) is 0 Å². The molecule has 3 rings (SSSR count). The van der Waals surface area contributed by atoms with Gasteiger partial charge in [0, 0.05) is 11.8 Å². The minimum absolute atomic E-state index is 0.266. The number of amides is 1. The number of rotatable bonds is 2. The predicted molar refractivity (Wildman–Crippen MR) is 61.4 cm³/mol. The van der Waals surface area contributed by atoms with Crippen molar-refractivity contribution in [2.24, 2.45) is 0 Å². The highest BCUT2D eigenvalue weighted by Gasteiger charge is 2.08. The number of pyridine rings is 1. The second-order valence-electron chi connectivity index (χ2n) is 3.70. The van der Waals surface area contributed by atoms with Crippen LogP contribution in [0.4, 0.5) is 0 Å². The van der Waals surface area contributed by atoms with Crippen molar-refractivity contribution in [2.45, 2.75) is 6.92 Å². The van der Waals surface area contributed by atoms with Crippen molar-refractivity contribution >= 4 is 11.6 Å². The van der Waals surface area contributed by atoms with Crippen molar-refractivity contribution in [1.29, 1.82) is 0 Å². The first kappa shape index (κ1) is 10.4. The van der Waals surface area contributed by atoms with E-state index in [4.69, 9.17) is 0 Å². The SMILES string of the molecule is Cc1nnc2cc(C(=O)Nn3cnnc3)ccn12. The van der Waals surface area contributed by atoms with E-state index >= 15 is 0 Å². The fraction of sp³-hybridized carbons (Fsp3) is 0.100. The molecule has 18 heavy (non-hydrogen) atoms. The quantitative estimate of drug-likeness (QED) is 0.684. The normalized spacial score (nSPS) is 10.7. The van der Waals surface area contributed by atoms with Crippen LogP contribution in [0.25, 0.3) is 5.65 Å². The van der Waals surface area contributed by atoms with Gasteiger partial charge in [0.1, 0.15) is 18.5 Å². The Morgan fingerprint density at radius 2 is 2.06 bits per heavy atom. The number of aromatic nitrogens is 6.